The minimum atomic E-state index is -4.98. The summed E-state index contributed by atoms with van der Waals surface area (Å²) in [4.78, 5) is 45.1. The first kappa shape index (κ1) is 31.1. The molecule has 0 amide bonds. The number of rotatable bonds is 9. The lowest BCUT2D eigenvalue weighted by atomic mass is 10.0. The molecule has 4 aromatic rings. The third kappa shape index (κ3) is 6.97. The van der Waals surface area contributed by atoms with Crippen molar-refractivity contribution in [1.29, 1.82) is 0 Å². The molecular weight excluding hydrogens is 606 g/mol. The highest BCUT2D eigenvalue weighted by Gasteiger charge is 2.37. The summed E-state index contributed by atoms with van der Waals surface area (Å²) in [5.41, 5.74) is -4.77. The lowest BCUT2D eigenvalue weighted by Crippen LogP contribution is -2.14. The third-order valence-corrected chi connectivity index (χ3v) is 5.85. The molecule has 0 radical (unpaired) electrons. The number of non-ortho nitro benzene ring substituents is 2. The van der Waals surface area contributed by atoms with E-state index in [0.29, 0.717) is 12.1 Å². The molecular formula is C28H14F6N2O8. The first-order valence-electron chi connectivity index (χ1n) is 11.9. The molecule has 4 aromatic carbocycles. The number of benzene rings is 4. The van der Waals surface area contributed by atoms with E-state index < -0.39 is 67.8 Å². The van der Waals surface area contributed by atoms with Crippen molar-refractivity contribution in [3.8, 4) is 23.0 Å². The second kappa shape index (κ2) is 11.8. The van der Waals surface area contributed by atoms with E-state index in [4.69, 9.17) is 9.47 Å². The zero-order valence-corrected chi connectivity index (χ0v) is 21.5. The number of hydrogen-bond acceptors (Lipinski definition) is 8. The highest BCUT2D eigenvalue weighted by atomic mass is 19.4. The van der Waals surface area contributed by atoms with Crippen LogP contribution >= 0.6 is 0 Å². The lowest BCUT2D eigenvalue weighted by Gasteiger charge is -2.14. The molecule has 0 N–H and O–H groups in total. The Bertz CT molecular complexity index is 1640. The Morgan fingerprint density at radius 1 is 0.545 bits per heavy atom. The average molecular weight is 620 g/mol. The van der Waals surface area contributed by atoms with E-state index in [1.54, 1.807) is 0 Å². The van der Waals surface area contributed by atoms with Gasteiger partial charge in [-0.3, -0.25) is 29.8 Å². The molecule has 44 heavy (non-hydrogen) atoms. The Labute approximate surface area is 241 Å². The maximum absolute atomic E-state index is 13.4. The van der Waals surface area contributed by atoms with Gasteiger partial charge in [0.05, 0.1) is 9.85 Å². The number of ether oxygens (including phenoxy) is 2. The Hall–Kier alpha value is -5.80. The Morgan fingerprint density at radius 2 is 0.864 bits per heavy atom. The van der Waals surface area contributed by atoms with Crippen molar-refractivity contribution < 1.29 is 55.3 Å². The molecule has 4 rings (SSSR count). The van der Waals surface area contributed by atoms with Crippen molar-refractivity contribution in [3.63, 3.8) is 0 Å². The molecule has 0 saturated carbocycles. The number of nitrogens with zero attached hydrogens (tertiary/aromatic N) is 2. The summed E-state index contributed by atoms with van der Waals surface area (Å²) in [5, 5.41) is 21.7. The second-order valence-corrected chi connectivity index (χ2v) is 8.78. The van der Waals surface area contributed by atoms with Crippen LogP contribution in [0.2, 0.25) is 0 Å². The van der Waals surface area contributed by atoms with E-state index in [-0.39, 0.29) is 22.6 Å². The molecule has 0 aliphatic heterocycles. The number of carbonyl (C=O) groups excluding carboxylic acids is 2. The minimum Gasteiger partial charge on any atom is -0.457 e. The molecule has 226 valence electrons. The quantitative estimate of drug-likeness (QED) is 0.0600. The van der Waals surface area contributed by atoms with Gasteiger partial charge in [-0.15, -0.1) is 0 Å². The van der Waals surface area contributed by atoms with Crippen molar-refractivity contribution in [2.45, 2.75) is 12.4 Å². The fraction of sp³-hybridized carbons (Fsp3) is 0.0714. The van der Waals surface area contributed by atoms with E-state index in [2.05, 4.69) is 0 Å². The fourth-order valence-corrected chi connectivity index (χ4v) is 3.75. The number of hydrogen-bond donors (Lipinski definition) is 0. The van der Waals surface area contributed by atoms with Crippen LogP contribution in [0.5, 0.6) is 23.0 Å². The van der Waals surface area contributed by atoms with Crippen LogP contribution in [-0.4, -0.2) is 21.4 Å². The SMILES string of the molecule is O=C(C(=O)c1ccc(Oc2ccc([N+](=O)[O-])cc2C(F)(F)F)cc1)c1ccc(Oc2ccc([N+](=O)[O-])cc2C(F)(F)F)cc1. The Balaban J connectivity index is 1.48. The average Bonchev–Trinajstić information content (AvgIpc) is 2.96. The number of halogens is 6. The summed E-state index contributed by atoms with van der Waals surface area (Å²) in [7, 11) is 0. The summed E-state index contributed by atoms with van der Waals surface area (Å²) in [5.74, 6) is -3.91. The van der Waals surface area contributed by atoms with Gasteiger partial charge in [0, 0.05) is 35.4 Å². The normalized spacial score (nSPS) is 11.5. The van der Waals surface area contributed by atoms with Gasteiger partial charge < -0.3 is 9.47 Å². The zero-order valence-electron chi connectivity index (χ0n) is 21.5. The van der Waals surface area contributed by atoms with Gasteiger partial charge in [-0.1, -0.05) is 0 Å². The molecule has 0 heterocycles. The monoisotopic (exact) mass is 620 g/mol. The molecule has 0 saturated heterocycles. The number of ketones is 2. The molecule has 0 aliphatic rings. The van der Waals surface area contributed by atoms with E-state index in [0.717, 1.165) is 72.8 Å². The highest BCUT2D eigenvalue weighted by Crippen LogP contribution is 2.41. The molecule has 0 fully saturated rings. The van der Waals surface area contributed by atoms with Gasteiger partial charge in [0.25, 0.3) is 11.4 Å². The Kier molecular flexibility index (Phi) is 8.37. The molecule has 0 spiro atoms. The van der Waals surface area contributed by atoms with Crippen molar-refractivity contribution >= 4 is 22.9 Å². The largest absolute Gasteiger partial charge is 0.457 e. The summed E-state index contributed by atoms with van der Waals surface area (Å²) in [6, 6.07) is 12.6. The van der Waals surface area contributed by atoms with Crippen LogP contribution in [0, 0.1) is 20.2 Å². The van der Waals surface area contributed by atoms with Gasteiger partial charge in [0.2, 0.25) is 11.6 Å². The number of Topliss-reactive ketones (excluding diaryl/α,β-unsaturated/α-hetero) is 2. The smallest absolute Gasteiger partial charge is 0.420 e. The second-order valence-electron chi connectivity index (χ2n) is 8.78. The zero-order chi connectivity index (χ0) is 32.4. The maximum Gasteiger partial charge on any atom is 0.420 e. The van der Waals surface area contributed by atoms with Crippen LogP contribution in [0.4, 0.5) is 37.7 Å². The molecule has 10 nitrogen and oxygen atoms in total. The van der Waals surface area contributed by atoms with Crippen LogP contribution in [-0.2, 0) is 12.4 Å². The van der Waals surface area contributed by atoms with Gasteiger partial charge in [-0.2, -0.15) is 26.3 Å². The van der Waals surface area contributed by atoms with Crippen molar-refractivity contribution in [3.05, 3.63) is 127 Å². The predicted molar refractivity (Wildman–Crippen MR) is 138 cm³/mol. The molecule has 0 atom stereocenters. The molecule has 0 bridgehead atoms. The lowest BCUT2D eigenvalue weighted by molar-refractivity contribution is -0.385. The molecule has 0 aromatic heterocycles. The van der Waals surface area contributed by atoms with Crippen LogP contribution in [0.25, 0.3) is 0 Å². The first-order valence-corrected chi connectivity index (χ1v) is 11.9. The standard InChI is InChI=1S/C28H14F6N2O8/c29-27(30,31)21-13-17(35(39)40)5-11-23(21)43-19-7-1-15(2-8-19)25(37)26(38)16-3-9-20(10-4-16)44-24-12-6-18(36(41)42)14-22(24)28(32,33)34/h1-14H. The summed E-state index contributed by atoms with van der Waals surface area (Å²) in [6.45, 7) is 0. The van der Waals surface area contributed by atoms with Crippen LogP contribution in [0.3, 0.4) is 0 Å². The van der Waals surface area contributed by atoms with E-state index >= 15 is 0 Å². The maximum atomic E-state index is 13.4. The van der Waals surface area contributed by atoms with Crippen molar-refractivity contribution in [1.82, 2.24) is 0 Å². The van der Waals surface area contributed by atoms with E-state index in [1.807, 2.05) is 0 Å². The topological polar surface area (TPSA) is 139 Å². The summed E-state index contributed by atoms with van der Waals surface area (Å²) < 4.78 is 90.8. The third-order valence-electron chi connectivity index (χ3n) is 5.85. The van der Waals surface area contributed by atoms with Crippen molar-refractivity contribution in [2.24, 2.45) is 0 Å². The highest BCUT2D eigenvalue weighted by molar-refractivity contribution is 6.49. The van der Waals surface area contributed by atoms with Gasteiger partial charge in [-0.05, 0) is 60.7 Å². The number of carbonyl (C=O) groups is 2. The van der Waals surface area contributed by atoms with Crippen LogP contribution in [0.1, 0.15) is 31.8 Å². The van der Waals surface area contributed by atoms with Gasteiger partial charge >= 0.3 is 12.4 Å². The molecule has 16 heteroatoms. The minimum absolute atomic E-state index is 0.178. The van der Waals surface area contributed by atoms with Gasteiger partial charge in [-0.25, -0.2) is 0 Å². The molecule has 0 unspecified atom stereocenters. The number of alkyl halides is 6. The van der Waals surface area contributed by atoms with Gasteiger partial charge in [0.1, 0.15) is 34.1 Å². The van der Waals surface area contributed by atoms with Gasteiger partial charge in [0.15, 0.2) is 0 Å². The summed E-state index contributed by atoms with van der Waals surface area (Å²) >= 11 is 0. The first-order chi connectivity index (χ1) is 20.5. The summed E-state index contributed by atoms with van der Waals surface area (Å²) in [6.07, 6.45) is -9.96. The van der Waals surface area contributed by atoms with Crippen LogP contribution in [0.15, 0.2) is 84.9 Å². The fourth-order valence-electron chi connectivity index (χ4n) is 3.75. The van der Waals surface area contributed by atoms with E-state index in [9.17, 15) is 56.2 Å². The van der Waals surface area contributed by atoms with E-state index in [1.165, 1.54) is 0 Å². The van der Waals surface area contributed by atoms with Crippen molar-refractivity contribution in [2.75, 3.05) is 0 Å². The number of nitro groups is 2. The Morgan fingerprint density at radius 3 is 1.14 bits per heavy atom. The van der Waals surface area contributed by atoms with Crippen LogP contribution < -0.4 is 9.47 Å². The predicted octanol–water partition coefficient (Wildman–Crippen LogP) is 8.19. The number of nitro benzene ring substituents is 2. The molecule has 0 aliphatic carbocycles.